The number of hydrogen-bond donors (Lipinski definition) is 0. The van der Waals surface area contributed by atoms with Crippen molar-refractivity contribution in [1.29, 1.82) is 0 Å². The van der Waals surface area contributed by atoms with E-state index in [9.17, 15) is 21.4 Å². The predicted molar refractivity (Wildman–Crippen MR) is 179 cm³/mol. The summed E-state index contributed by atoms with van der Waals surface area (Å²) in [6, 6.07) is 19.6. The molecule has 0 bridgehead atoms. The van der Waals surface area contributed by atoms with Crippen molar-refractivity contribution >= 4 is 49.4 Å². The van der Waals surface area contributed by atoms with Crippen LogP contribution in [0.3, 0.4) is 0 Å². The number of pyridine rings is 1. The molecule has 0 spiro atoms. The lowest BCUT2D eigenvalue weighted by atomic mass is 9.89. The molecule has 1 fully saturated rings. The molecular weight excluding hydrogens is 617 g/mol. The molecule has 13 heteroatoms. The molecule has 236 valence electrons. The Bertz CT molecular complexity index is 1900. The Hall–Kier alpha value is -3.05. The third kappa shape index (κ3) is 8.15. The van der Waals surface area contributed by atoms with E-state index >= 15 is 0 Å². The Morgan fingerprint density at radius 1 is 0.909 bits per heavy atom. The minimum Gasteiger partial charge on any atom is -0.319 e. The van der Waals surface area contributed by atoms with E-state index in [1.165, 1.54) is 12.5 Å². The first-order valence-corrected chi connectivity index (χ1v) is 21.4. The van der Waals surface area contributed by atoms with Crippen molar-refractivity contribution in [2.24, 2.45) is 0 Å². The minimum atomic E-state index is -3.26. The molecule has 1 saturated heterocycles. The van der Waals surface area contributed by atoms with Gasteiger partial charge in [-0.3, -0.25) is 0 Å². The normalized spacial score (nSPS) is 15.5. The first-order chi connectivity index (χ1) is 20.7. The molecule has 0 N–H and O–H groups in total. The van der Waals surface area contributed by atoms with Gasteiger partial charge in [0.25, 0.3) is 0 Å². The molecule has 1 aliphatic rings. The van der Waals surface area contributed by atoms with Crippen LogP contribution in [0.15, 0.2) is 66.9 Å². The van der Waals surface area contributed by atoms with Crippen molar-refractivity contribution in [3.63, 3.8) is 0 Å². The molecule has 0 unspecified atom stereocenters. The molecule has 44 heavy (non-hydrogen) atoms. The molecular formula is C31H40N5O5PS2. The molecule has 10 nitrogen and oxygen atoms in total. The third-order valence-corrected chi connectivity index (χ3v) is 11.5. The van der Waals surface area contributed by atoms with E-state index in [-0.39, 0.29) is 18.1 Å². The van der Waals surface area contributed by atoms with Crippen LogP contribution < -0.4 is 10.2 Å². The number of sulfone groups is 2. The van der Waals surface area contributed by atoms with Crippen LogP contribution in [0, 0.1) is 0 Å². The number of likely N-dealkylation sites (tertiary alicyclic amines) is 1. The van der Waals surface area contributed by atoms with E-state index in [1.807, 2.05) is 59.6 Å². The summed E-state index contributed by atoms with van der Waals surface area (Å²) in [6.07, 6.45) is 6.14. The van der Waals surface area contributed by atoms with E-state index in [1.54, 1.807) is 17.8 Å². The average Bonchev–Trinajstić information content (AvgIpc) is 3.39. The number of benzene rings is 2. The molecule has 0 atom stereocenters. The number of anilines is 2. The van der Waals surface area contributed by atoms with Crippen molar-refractivity contribution in [1.82, 2.24) is 19.5 Å². The van der Waals surface area contributed by atoms with Crippen LogP contribution in [0.1, 0.15) is 24.3 Å². The van der Waals surface area contributed by atoms with Gasteiger partial charge in [-0.15, -0.1) is 5.10 Å². The summed E-state index contributed by atoms with van der Waals surface area (Å²) in [4.78, 5) is 8.96. The van der Waals surface area contributed by atoms with E-state index in [0.717, 1.165) is 53.6 Å². The Labute approximate surface area is 260 Å². The molecule has 3 heterocycles. The minimum absolute atomic E-state index is 0.0616. The highest BCUT2D eigenvalue weighted by atomic mass is 32.2. The van der Waals surface area contributed by atoms with Crippen LogP contribution in [-0.2, 0) is 24.2 Å². The molecule has 0 radical (unpaired) electrons. The Kier molecular flexibility index (Phi) is 9.37. The van der Waals surface area contributed by atoms with Crippen LogP contribution in [-0.4, -0.2) is 99.9 Å². The first-order valence-electron chi connectivity index (χ1n) is 14.6. The highest BCUT2D eigenvalue weighted by Crippen LogP contribution is 2.36. The molecule has 4 aromatic rings. The smallest absolute Gasteiger partial charge is 0.250 e. The Morgan fingerprint density at radius 3 is 2.23 bits per heavy atom. The maximum Gasteiger partial charge on any atom is 0.250 e. The van der Waals surface area contributed by atoms with E-state index < -0.39 is 26.8 Å². The van der Waals surface area contributed by atoms with E-state index in [4.69, 9.17) is 10.1 Å². The van der Waals surface area contributed by atoms with Crippen LogP contribution in [0.4, 0.5) is 11.6 Å². The van der Waals surface area contributed by atoms with Crippen molar-refractivity contribution in [2.75, 3.05) is 68.4 Å². The second kappa shape index (κ2) is 12.7. The van der Waals surface area contributed by atoms with Crippen molar-refractivity contribution in [3.05, 3.63) is 72.4 Å². The second-order valence-electron chi connectivity index (χ2n) is 12.1. The SMILES string of the molecule is CP(C)(=O)c1ccc(-c2cccn3nc(N(CCS(C)(=O)=O)c4cccc(C5CCN(CCS(C)(=O)=O)CC5)c4)nc23)cc1. The topological polar surface area (TPSA) is 122 Å². The van der Waals surface area contributed by atoms with Gasteiger partial charge >= 0.3 is 0 Å². The quantitative estimate of drug-likeness (QED) is 0.220. The number of piperidine rings is 1. The lowest BCUT2D eigenvalue weighted by Crippen LogP contribution is -2.36. The summed E-state index contributed by atoms with van der Waals surface area (Å²) >= 11 is 0. The van der Waals surface area contributed by atoms with Gasteiger partial charge in [0, 0.05) is 48.4 Å². The summed E-state index contributed by atoms with van der Waals surface area (Å²) in [5.74, 6) is 0.818. The van der Waals surface area contributed by atoms with Crippen LogP contribution >= 0.6 is 7.14 Å². The standard InChI is InChI=1S/C31H40N5O5PS2/c1-42(2,37)28-12-10-25(11-13-28)29-9-6-16-36-30(29)32-31(33-36)35(20-22-44(4,40)41)27-8-5-7-26(23-27)24-14-17-34(18-15-24)19-21-43(3,38)39/h5-13,16,23-24H,14-15,17-22H2,1-4H3. The van der Waals surface area contributed by atoms with Gasteiger partial charge in [-0.25, -0.2) is 21.4 Å². The average molecular weight is 658 g/mol. The zero-order valence-corrected chi connectivity index (χ0v) is 28.2. The number of hydrogen-bond acceptors (Lipinski definition) is 9. The van der Waals surface area contributed by atoms with Gasteiger partial charge in [-0.1, -0.05) is 36.4 Å². The highest BCUT2D eigenvalue weighted by Gasteiger charge is 2.24. The van der Waals surface area contributed by atoms with Crippen LogP contribution in [0.2, 0.25) is 0 Å². The molecule has 2 aromatic carbocycles. The summed E-state index contributed by atoms with van der Waals surface area (Å²) in [7, 11) is -8.64. The fourth-order valence-electron chi connectivity index (χ4n) is 5.57. The summed E-state index contributed by atoms with van der Waals surface area (Å²) < 4.78 is 61.9. The van der Waals surface area contributed by atoms with Crippen LogP contribution in [0.25, 0.3) is 16.8 Å². The molecule has 0 aliphatic carbocycles. The zero-order chi connectivity index (χ0) is 31.7. The Morgan fingerprint density at radius 2 is 1.59 bits per heavy atom. The van der Waals surface area contributed by atoms with Crippen LogP contribution in [0.5, 0.6) is 0 Å². The summed E-state index contributed by atoms with van der Waals surface area (Å²) in [6.45, 7) is 5.89. The largest absolute Gasteiger partial charge is 0.319 e. The summed E-state index contributed by atoms with van der Waals surface area (Å²) in [5.41, 5.74) is 4.38. The monoisotopic (exact) mass is 657 g/mol. The van der Waals surface area contributed by atoms with Crippen molar-refractivity contribution in [2.45, 2.75) is 18.8 Å². The maximum absolute atomic E-state index is 12.5. The number of nitrogens with zero attached hydrogens (tertiary/aromatic N) is 5. The predicted octanol–water partition coefficient (Wildman–Crippen LogP) is 4.05. The fraction of sp³-hybridized carbons (Fsp3) is 0.419. The highest BCUT2D eigenvalue weighted by molar-refractivity contribution is 7.90. The van der Waals surface area contributed by atoms with Crippen molar-refractivity contribution in [3.8, 4) is 11.1 Å². The van der Waals surface area contributed by atoms with Gasteiger partial charge in [-0.05, 0) is 80.6 Å². The third-order valence-electron chi connectivity index (χ3n) is 8.10. The Balaban J connectivity index is 1.44. The number of aromatic nitrogens is 3. The van der Waals surface area contributed by atoms with Gasteiger partial charge in [0.15, 0.2) is 5.65 Å². The summed E-state index contributed by atoms with van der Waals surface area (Å²) in [5, 5.41) is 5.57. The maximum atomic E-state index is 12.5. The number of rotatable bonds is 11. The van der Waals surface area contributed by atoms with Gasteiger partial charge in [0.05, 0.1) is 11.5 Å². The van der Waals surface area contributed by atoms with Gasteiger partial charge in [-0.2, -0.15) is 4.98 Å². The first kappa shape index (κ1) is 32.3. The van der Waals surface area contributed by atoms with Gasteiger partial charge in [0.1, 0.15) is 26.8 Å². The van der Waals surface area contributed by atoms with E-state index in [2.05, 4.69) is 17.0 Å². The lowest BCUT2D eigenvalue weighted by molar-refractivity contribution is 0.223. The molecule has 0 saturated carbocycles. The van der Waals surface area contributed by atoms with Gasteiger partial charge < -0.3 is 14.4 Å². The molecule has 1 aliphatic heterocycles. The fourth-order valence-corrected chi connectivity index (χ4v) is 7.54. The molecule has 0 amide bonds. The molecule has 5 rings (SSSR count). The second-order valence-corrected chi connectivity index (χ2v) is 19.9. The van der Waals surface area contributed by atoms with Gasteiger partial charge in [0.2, 0.25) is 5.95 Å². The lowest BCUT2D eigenvalue weighted by Gasteiger charge is -2.32. The van der Waals surface area contributed by atoms with E-state index in [0.29, 0.717) is 24.1 Å². The number of fused-ring (bicyclic) bond motifs is 1. The zero-order valence-electron chi connectivity index (χ0n) is 25.6. The van der Waals surface area contributed by atoms with Crippen molar-refractivity contribution < 1.29 is 21.4 Å². The molecule has 2 aromatic heterocycles.